The zero-order valence-corrected chi connectivity index (χ0v) is 16.4. The highest BCUT2D eigenvalue weighted by molar-refractivity contribution is 6.31. The number of aryl methyl sites for hydroxylation is 2. The molecule has 3 aromatic rings. The van der Waals surface area contributed by atoms with Crippen molar-refractivity contribution in [2.24, 2.45) is 7.05 Å². The number of para-hydroxylation sites is 1. The van der Waals surface area contributed by atoms with E-state index in [1.807, 2.05) is 55.9 Å². The van der Waals surface area contributed by atoms with Crippen molar-refractivity contribution in [1.29, 1.82) is 0 Å². The second-order valence-corrected chi connectivity index (χ2v) is 6.81. The van der Waals surface area contributed by atoms with Crippen molar-refractivity contribution in [1.82, 2.24) is 9.78 Å². The lowest BCUT2D eigenvalue weighted by molar-refractivity contribution is -0.116. The first-order chi connectivity index (χ1) is 12.9. The maximum absolute atomic E-state index is 12.5. The largest absolute Gasteiger partial charge is 0.455 e. The van der Waals surface area contributed by atoms with Crippen LogP contribution in [0, 0.1) is 13.8 Å². The number of benzene rings is 2. The molecule has 0 atom stereocenters. The highest BCUT2D eigenvalue weighted by Gasteiger charge is 2.13. The third-order valence-electron chi connectivity index (χ3n) is 4.45. The minimum Gasteiger partial charge on any atom is -0.455 e. The van der Waals surface area contributed by atoms with Crippen molar-refractivity contribution in [2.75, 3.05) is 5.32 Å². The number of nitrogens with zero attached hydrogens (tertiary/aromatic N) is 2. The van der Waals surface area contributed by atoms with E-state index in [1.165, 1.54) is 0 Å². The molecule has 140 valence electrons. The van der Waals surface area contributed by atoms with Crippen LogP contribution in [-0.2, 0) is 18.3 Å². The second-order valence-electron chi connectivity index (χ2n) is 6.38. The third-order valence-corrected chi connectivity index (χ3v) is 4.68. The van der Waals surface area contributed by atoms with E-state index in [-0.39, 0.29) is 5.91 Å². The zero-order valence-electron chi connectivity index (χ0n) is 15.6. The molecule has 0 aliphatic rings. The molecule has 2 aromatic carbocycles. The predicted octanol–water partition coefficient (Wildman–Crippen LogP) is 5.05. The Kier molecular flexibility index (Phi) is 5.81. The number of aromatic nitrogens is 2. The molecule has 1 amide bonds. The highest BCUT2D eigenvalue weighted by Crippen LogP contribution is 2.32. The molecule has 6 heteroatoms. The van der Waals surface area contributed by atoms with Gasteiger partial charge in [-0.25, -0.2) is 0 Å². The number of nitrogens with one attached hydrogen (secondary N) is 1. The molecule has 0 fully saturated rings. The molecule has 1 N–H and O–H groups in total. The van der Waals surface area contributed by atoms with Crippen molar-refractivity contribution in [2.45, 2.75) is 26.7 Å². The fourth-order valence-corrected chi connectivity index (χ4v) is 3.11. The molecule has 0 saturated heterocycles. The smallest absolute Gasteiger partial charge is 0.224 e. The standard InChI is InChI=1S/C21H22ClN3O2/c1-14-18(15(2)25(3)24-14)10-12-21(26)23-19-13-16(22)9-11-20(19)27-17-7-5-4-6-8-17/h4-9,11,13H,10,12H2,1-3H3,(H,23,26). The number of rotatable bonds is 6. The normalized spacial score (nSPS) is 10.7. The number of ether oxygens (including phenoxy) is 1. The molecule has 0 aliphatic carbocycles. The summed E-state index contributed by atoms with van der Waals surface area (Å²) in [6, 6.07) is 14.6. The Labute approximate surface area is 163 Å². The van der Waals surface area contributed by atoms with Crippen LogP contribution in [0.4, 0.5) is 5.69 Å². The predicted molar refractivity (Wildman–Crippen MR) is 108 cm³/mol. The first-order valence-electron chi connectivity index (χ1n) is 8.75. The van der Waals surface area contributed by atoms with Crippen LogP contribution in [0.15, 0.2) is 48.5 Å². The van der Waals surface area contributed by atoms with Crippen molar-refractivity contribution in [3.63, 3.8) is 0 Å². The van der Waals surface area contributed by atoms with E-state index in [9.17, 15) is 4.79 Å². The highest BCUT2D eigenvalue weighted by atomic mass is 35.5. The zero-order chi connectivity index (χ0) is 19.4. The molecule has 1 aromatic heterocycles. The van der Waals surface area contributed by atoms with E-state index in [0.29, 0.717) is 35.1 Å². The Morgan fingerprint density at radius 1 is 1.19 bits per heavy atom. The van der Waals surface area contributed by atoms with Crippen LogP contribution in [-0.4, -0.2) is 15.7 Å². The van der Waals surface area contributed by atoms with Gasteiger partial charge in [-0.05, 0) is 56.2 Å². The van der Waals surface area contributed by atoms with Gasteiger partial charge in [0, 0.05) is 24.2 Å². The topological polar surface area (TPSA) is 56.2 Å². The molecule has 0 spiro atoms. The maximum atomic E-state index is 12.5. The van der Waals surface area contributed by atoms with E-state index in [2.05, 4.69) is 10.4 Å². The number of carbonyl (C=O) groups excluding carboxylic acids is 1. The Bertz CT molecular complexity index is 952. The van der Waals surface area contributed by atoms with E-state index in [4.69, 9.17) is 16.3 Å². The van der Waals surface area contributed by atoms with E-state index in [0.717, 1.165) is 17.0 Å². The number of carbonyl (C=O) groups is 1. The Hall–Kier alpha value is -2.79. The Morgan fingerprint density at radius 3 is 2.59 bits per heavy atom. The monoisotopic (exact) mass is 383 g/mol. The van der Waals surface area contributed by atoms with Gasteiger partial charge in [-0.15, -0.1) is 0 Å². The minimum absolute atomic E-state index is 0.0992. The molecule has 0 unspecified atom stereocenters. The average Bonchev–Trinajstić information content (AvgIpc) is 2.88. The van der Waals surface area contributed by atoms with Crippen molar-refractivity contribution in [3.8, 4) is 11.5 Å². The van der Waals surface area contributed by atoms with Crippen molar-refractivity contribution in [3.05, 3.63) is 70.5 Å². The van der Waals surface area contributed by atoms with Gasteiger partial charge >= 0.3 is 0 Å². The van der Waals surface area contributed by atoms with Crippen LogP contribution in [0.1, 0.15) is 23.4 Å². The van der Waals surface area contributed by atoms with Gasteiger partial charge in [-0.1, -0.05) is 29.8 Å². The molecule has 5 nitrogen and oxygen atoms in total. The van der Waals surface area contributed by atoms with Gasteiger partial charge in [0.2, 0.25) is 5.91 Å². The minimum atomic E-state index is -0.0992. The summed E-state index contributed by atoms with van der Waals surface area (Å²) in [5.41, 5.74) is 3.70. The lowest BCUT2D eigenvalue weighted by Gasteiger charge is -2.13. The molecule has 27 heavy (non-hydrogen) atoms. The van der Waals surface area contributed by atoms with Crippen LogP contribution in [0.2, 0.25) is 5.02 Å². The summed E-state index contributed by atoms with van der Waals surface area (Å²) in [5.74, 6) is 1.14. The van der Waals surface area contributed by atoms with Crippen LogP contribution >= 0.6 is 11.6 Å². The Morgan fingerprint density at radius 2 is 1.93 bits per heavy atom. The Balaban J connectivity index is 1.70. The van der Waals surface area contributed by atoms with Crippen LogP contribution in [0.3, 0.4) is 0 Å². The summed E-state index contributed by atoms with van der Waals surface area (Å²) < 4.78 is 7.72. The molecule has 0 aliphatic heterocycles. The first-order valence-corrected chi connectivity index (χ1v) is 9.13. The molecule has 3 rings (SSSR count). The van der Waals surface area contributed by atoms with Gasteiger partial charge < -0.3 is 10.1 Å². The summed E-state index contributed by atoms with van der Waals surface area (Å²) in [6.45, 7) is 3.97. The number of anilines is 1. The van der Waals surface area contributed by atoms with Crippen molar-refractivity contribution < 1.29 is 9.53 Å². The average molecular weight is 384 g/mol. The maximum Gasteiger partial charge on any atom is 0.224 e. The number of hydrogen-bond donors (Lipinski definition) is 1. The van der Waals surface area contributed by atoms with E-state index < -0.39 is 0 Å². The molecular weight excluding hydrogens is 362 g/mol. The molecule has 1 heterocycles. The van der Waals surface area contributed by atoms with Crippen molar-refractivity contribution >= 4 is 23.2 Å². The van der Waals surface area contributed by atoms with E-state index >= 15 is 0 Å². The van der Waals surface area contributed by atoms with Gasteiger partial charge in [0.25, 0.3) is 0 Å². The lowest BCUT2D eigenvalue weighted by Crippen LogP contribution is -2.13. The van der Waals surface area contributed by atoms with Gasteiger partial charge in [0.05, 0.1) is 11.4 Å². The van der Waals surface area contributed by atoms with Gasteiger partial charge in [0.1, 0.15) is 5.75 Å². The van der Waals surface area contributed by atoms with Gasteiger partial charge in [-0.2, -0.15) is 5.10 Å². The number of amides is 1. The number of hydrogen-bond acceptors (Lipinski definition) is 3. The fourth-order valence-electron chi connectivity index (χ4n) is 2.93. The molecule has 0 saturated carbocycles. The second kappa shape index (κ2) is 8.27. The summed E-state index contributed by atoms with van der Waals surface area (Å²) in [4.78, 5) is 12.5. The van der Waals surface area contributed by atoms with Crippen LogP contribution in [0.25, 0.3) is 0 Å². The lowest BCUT2D eigenvalue weighted by atomic mass is 10.1. The quantitative estimate of drug-likeness (QED) is 0.647. The summed E-state index contributed by atoms with van der Waals surface area (Å²) >= 11 is 6.10. The molecule has 0 bridgehead atoms. The molecular formula is C21H22ClN3O2. The van der Waals surface area contributed by atoms with Crippen LogP contribution < -0.4 is 10.1 Å². The SMILES string of the molecule is Cc1nn(C)c(C)c1CCC(=O)Nc1cc(Cl)ccc1Oc1ccccc1. The van der Waals surface area contributed by atoms with Gasteiger partial charge in [0.15, 0.2) is 5.75 Å². The third kappa shape index (κ3) is 4.68. The van der Waals surface area contributed by atoms with Crippen LogP contribution in [0.5, 0.6) is 11.5 Å². The fraction of sp³-hybridized carbons (Fsp3) is 0.238. The summed E-state index contributed by atoms with van der Waals surface area (Å²) in [7, 11) is 1.91. The first kappa shape index (κ1) is 19.0. The molecule has 0 radical (unpaired) electrons. The van der Waals surface area contributed by atoms with E-state index in [1.54, 1.807) is 18.2 Å². The summed E-state index contributed by atoms with van der Waals surface area (Å²) in [6.07, 6.45) is 0.984. The van der Waals surface area contributed by atoms with Gasteiger partial charge in [-0.3, -0.25) is 9.48 Å². The number of halogens is 1. The summed E-state index contributed by atoms with van der Waals surface area (Å²) in [5, 5.41) is 7.84.